The molecule has 0 aromatic heterocycles. The third-order valence-electron chi connectivity index (χ3n) is 6.44. The number of rotatable bonds is 4. The molecule has 1 aliphatic carbocycles. The monoisotopic (exact) mass is 368 g/mol. The molecule has 1 N–H and O–H groups in total. The van der Waals surface area contributed by atoms with Crippen molar-refractivity contribution in [3.05, 3.63) is 48.0 Å². The first-order valence-electron chi connectivity index (χ1n) is 9.98. The minimum absolute atomic E-state index is 0.0188. The van der Waals surface area contributed by atoms with E-state index >= 15 is 0 Å². The molecular weight excluding hydrogens is 340 g/mol. The average molecular weight is 368 g/mol. The molecule has 0 bridgehead atoms. The van der Waals surface area contributed by atoms with Crippen LogP contribution >= 0.6 is 0 Å². The standard InChI is InChI=1S/C22H28N2O3/c1-2-20(25)24-9-7-22(8-10-24)13-19(15-27-22)21(26)23-14-16-11-17-5-3-4-6-18(17)12-16/h2-6,16,19H,1,7-15H2,(H,23,26). The van der Waals surface area contributed by atoms with Gasteiger partial charge in [-0.2, -0.15) is 0 Å². The van der Waals surface area contributed by atoms with E-state index in [0.29, 0.717) is 25.6 Å². The van der Waals surface area contributed by atoms with Gasteiger partial charge in [-0.1, -0.05) is 30.8 Å². The topological polar surface area (TPSA) is 58.6 Å². The molecule has 0 saturated carbocycles. The number of carbonyl (C=O) groups is 2. The van der Waals surface area contributed by atoms with Crippen molar-refractivity contribution in [2.75, 3.05) is 26.2 Å². The molecule has 2 fully saturated rings. The minimum atomic E-state index is -0.233. The summed E-state index contributed by atoms with van der Waals surface area (Å²) in [5, 5.41) is 3.16. The van der Waals surface area contributed by atoms with Crippen molar-refractivity contribution in [1.82, 2.24) is 10.2 Å². The summed E-state index contributed by atoms with van der Waals surface area (Å²) in [5.41, 5.74) is 2.60. The molecule has 2 saturated heterocycles. The number of likely N-dealkylation sites (tertiary alicyclic amines) is 1. The third-order valence-corrected chi connectivity index (χ3v) is 6.44. The number of nitrogens with zero attached hydrogens (tertiary/aromatic N) is 1. The second kappa shape index (κ2) is 7.47. The zero-order valence-electron chi connectivity index (χ0n) is 15.8. The number of hydrogen-bond acceptors (Lipinski definition) is 3. The maximum atomic E-state index is 12.7. The second-order valence-corrected chi connectivity index (χ2v) is 8.21. The van der Waals surface area contributed by atoms with Gasteiger partial charge in [0, 0.05) is 19.6 Å². The Kier molecular flexibility index (Phi) is 5.04. The Balaban J connectivity index is 1.24. The number of piperidine rings is 1. The van der Waals surface area contributed by atoms with E-state index in [1.165, 1.54) is 17.2 Å². The van der Waals surface area contributed by atoms with Crippen LogP contribution in [0, 0.1) is 11.8 Å². The number of benzene rings is 1. The first kappa shape index (κ1) is 18.2. The summed E-state index contributed by atoms with van der Waals surface area (Å²) in [7, 11) is 0. The molecule has 2 aliphatic heterocycles. The van der Waals surface area contributed by atoms with Crippen molar-refractivity contribution in [3.63, 3.8) is 0 Å². The fourth-order valence-electron chi connectivity index (χ4n) is 4.81. The number of carbonyl (C=O) groups excluding carboxylic acids is 2. The molecule has 1 atom stereocenters. The van der Waals surface area contributed by atoms with E-state index in [-0.39, 0.29) is 23.3 Å². The number of ether oxygens (including phenoxy) is 1. The molecule has 2 heterocycles. The first-order valence-corrected chi connectivity index (χ1v) is 9.98. The van der Waals surface area contributed by atoms with Crippen LogP contribution in [0.15, 0.2) is 36.9 Å². The Morgan fingerprint density at radius 2 is 1.89 bits per heavy atom. The molecule has 1 aromatic carbocycles. The molecule has 144 valence electrons. The van der Waals surface area contributed by atoms with Crippen LogP contribution in [0.2, 0.25) is 0 Å². The van der Waals surface area contributed by atoms with E-state index < -0.39 is 0 Å². The molecule has 27 heavy (non-hydrogen) atoms. The lowest BCUT2D eigenvalue weighted by molar-refractivity contribution is -0.130. The van der Waals surface area contributed by atoms with E-state index in [1.54, 1.807) is 0 Å². The Labute approximate surface area is 160 Å². The second-order valence-electron chi connectivity index (χ2n) is 8.21. The molecule has 5 nitrogen and oxygen atoms in total. The van der Waals surface area contributed by atoms with Gasteiger partial charge in [0.25, 0.3) is 0 Å². The summed E-state index contributed by atoms with van der Waals surface area (Å²) in [4.78, 5) is 26.2. The van der Waals surface area contributed by atoms with Crippen molar-refractivity contribution < 1.29 is 14.3 Å². The van der Waals surface area contributed by atoms with Crippen LogP contribution < -0.4 is 5.32 Å². The van der Waals surface area contributed by atoms with Crippen molar-refractivity contribution in [3.8, 4) is 0 Å². The summed E-state index contributed by atoms with van der Waals surface area (Å²) in [6, 6.07) is 8.55. The summed E-state index contributed by atoms with van der Waals surface area (Å²) in [5.74, 6) is 0.522. The number of nitrogens with one attached hydrogen (secondary N) is 1. The summed E-state index contributed by atoms with van der Waals surface area (Å²) >= 11 is 0. The highest BCUT2D eigenvalue weighted by atomic mass is 16.5. The molecule has 2 amide bonds. The van der Waals surface area contributed by atoms with Crippen LogP contribution in [-0.4, -0.2) is 48.6 Å². The van der Waals surface area contributed by atoms with Gasteiger partial charge in [0.2, 0.25) is 11.8 Å². The van der Waals surface area contributed by atoms with Crippen molar-refractivity contribution in [2.45, 2.75) is 37.7 Å². The predicted molar refractivity (Wildman–Crippen MR) is 103 cm³/mol. The third kappa shape index (κ3) is 3.79. The largest absolute Gasteiger partial charge is 0.374 e. The quantitative estimate of drug-likeness (QED) is 0.828. The van der Waals surface area contributed by atoms with Gasteiger partial charge in [-0.05, 0) is 55.2 Å². The maximum Gasteiger partial charge on any atom is 0.245 e. The fraction of sp³-hybridized carbons (Fsp3) is 0.545. The van der Waals surface area contributed by atoms with Gasteiger partial charge in [0.05, 0.1) is 18.1 Å². The van der Waals surface area contributed by atoms with Crippen LogP contribution in [0.1, 0.15) is 30.4 Å². The predicted octanol–water partition coefficient (Wildman–Crippen LogP) is 2.10. The summed E-state index contributed by atoms with van der Waals surface area (Å²) in [6.45, 7) is 6.14. The number of fused-ring (bicyclic) bond motifs is 1. The zero-order chi connectivity index (χ0) is 18.9. The Morgan fingerprint density at radius 3 is 2.52 bits per heavy atom. The Morgan fingerprint density at radius 1 is 1.22 bits per heavy atom. The van der Waals surface area contributed by atoms with E-state index in [1.807, 2.05) is 4.90 Å². The van der Waals surface area contributed by atoms with E-state index in [2.05, 4.69) is 36.2 Å². The molecular formula is C22H28N2O3. The van der Waals surface area contributed by atoms with E-state index in [9.17, 15) is 9.59 Å². The van der Waals surface area contributed by atoms with E-state index in [0.717, 1.165) is 38.6 Å². The SMILES string of the molecule is C=CC(=O)N1CCC2(CC1)CC(C(=O)NCC1Cc3ccccc3C1)CO2. The van der Waals surface area contributed by atoms with Gasteiger partial charge in [-0.25, -0.2) is 0 Å². The van der Waals surface area contributed by atoms with Crippen LogP contribution in [0.3, 0.4) is 0 Å². The van der Waals surface area contributed by atoms with Gasteiger partial charge < -0.3 is 15.0 Å². The van der Waals surface area contributed by atoms with E-state index in [4.69, 9.17) is 4.74 Å². The fourth-order valence-corrected chi connectivity index (χ4v) is 4.81. The summed E-state index contributed by atoms with van der Waals surface area (Å²) < 4.78 is 6.07. The molecule has 5 heteroatoms. The zero-order valence-corrected chi connectivity index (χ0v) is 15.8. The highest BCUT2D eigenvalue weighted by Gasteiger charge is 2.45. The minimum Gasteiger partial charge on any atom is -0.374 e. The highest BCUT2D eigenvalue weighted by Crippen LogP contribution is 2.38. The maximum absolute atomic E-state index is 12.7. The van der Waals surface area contributed by atoms with Crippen LogP contribution in [-0.2, 0) is 27.2 Å². The Hall–Kier alpha value is -2.14. The highest BCUT2D eigenvalue weighted by molar-refractivity contribution is 5.87. The molecule has 3 aliphatic rings. The molecule has 1 spiro atoms. The summed E-state index contributed by atoms with van der Waals surface area (Å²) in [6.07, 6.45) is 5.83. The molecule has 4 rings (SSSR count). The smallest absolute Gasteiger partial charge is 0.245 e. The number of hydrogen-bond donors (Lipinski definition) is 1. The van der Waals surface area contributed by atoms with Gasteiger partial charge in [-0.3, -0.25) is 9.59 Å². The van der Waals surface area contributed by atoms with Gasteiger partial charge in [-0.15, -0.1) is 0 Å². The number of amides is 2. The van der Waals surface area contributed by atoms with Gasteiger partial charge in [0.15, 0.2) is 0 Å². The molecule has 1 unspecified atom stereocenters. The van der Waals surface area contributed by atoms with Crippen molar-refractivity contribution >= 4 is 11.8 Å². The van der Waals surface area contributed by atoms with Crippen LogP contribution in [0.25, 0.3) is 0 Å². The lowest BCUT2D eigenvalue weighted by Gasteiger charge is -2.38. The first-order chi connectivity index (χ1) is 13.1. The lowest BCUT2D eigenvalue weighted by Crippen LogP contribution is -2.46. The molecule has 0 radical (unpaired) electrons. The van der Waals surface area contributed by atoms with Crippen molar-refractivity contribution in [2.24, 2.45) is 11.8 Å². The van der Waals surface area contributed by atoms with Crippen LogP contribution in [0.4, 0.5) is 0 Å². The Bertz CT molecular complexity index is 712. The molecule has 1 aromatic rings. The average Bonchev–Trinajstić information content (AvgIpc) is 3.30. The lowest BCUT2D eigenvalue weighted by atomic mass is 9.85. The normalized spacial score (nSPS) is 24.0. The van der Waals surface area contributed by atoms with Crippen LogP contribution in [0.5, 0.6) is 0 Å². The van der Waals surface area contributed by atoms with Crippen molar-refractivity contribution in [1.29, 1.82) is 0 Å². The van der Waals surface area contributed by atoms with Gasteiger partial charge >= 0.3 is 0 Å². The van der Waals surface area contributed by atoms with Gasteiger partial charge in [0.1, 0.15) is 0 Å².